The Bertz CT molecular complexity index is 640. The zero-order chi connectivity index (χ0) is 15.2. The number of ether oxygens (including phenoxy) is 1. The summed E-state index contributed by atoms with van der Waals surface area (Å²) in [6, 6.07) is 13.3. The number of hydrogen-bond donors (Lipinski definition) is 1. The Morgan fingerprint density at radius 1 is 1.19 bits per heavy atom. The number of carbonyl (C=O) groups excluding carboxylic acids is 1. The minimum absolute atomic E-state index is 0.00145. The van der Waals surface area contributed by atoms with Crippen molar-refractivity contribution in [3.63, 3.8) is 0 Å². The number of amides is 1. The van der Waals surface area contributed by atoms with Gasteiger partial charge in [-0.3, -0.25) is 4.79 Å². The molecule has 4 heteroatoms. The molecule has 110 valence electrons. The number of carbonyl (C=O) groups is 1. The Balaban J connectivity index is 1.83. The van der Waals surface area contributed by atoms with Crippen molar-refractivity contribution in [1.29, 1.82) is 0 Å². The standard InChI is InChI=1S/C17H18ClNO2/c1-12-7-8-14(13(2)9-12)10-21-11-17(20)19-16-6-4-3-5-15(16)18/h3-9H,10-11H2,1-2H3,(H,19,20). The Morgan fingerprint density at radius 3 is 2.67 bits per heavy atom. The molecule has 21 heavy (non-hydrogen) atoms. The largest absolute Gasteiger partial charge is 0.367 e. The monoisotopic (exact) mass is 303 g/mol. The van der Waals surface area contributed by atoms with Crippen LogP contribution >= 0.6 is 11.6 Å². The zero-order valence-corrected chi connectivity index (χ0v) is 12.9. The summed E-state index contributed by atoms with van der Waals surface area (Å²) in [6.07, 6.45) is 0. The van der Waals surface area contributed by atoms with Crippen molar-refractivity contribution in [3.05, 3.63) is 64.2 Å². The first-order valence-corrected chi connectivity index (χ1v) is 7.12. The lowest BCUT2D eigenvalue weighted by Crippen LogP contribution is -2.18. The number of aryl methyl sites for hydroxylation is 2. The Hall–Kier alpha value is -1.84. The van der Waals surface area contributed by atoms with Crippen molar-refractivity contribution in [2.75, 3.05) is 11.9 Å². The van der Waals surface area contributed by atoms with E-state index in [-0.39, 0.29) is 12.5 Å². The summed E-state index contributed by atoms with van der Waals surface area (Å²) >= 11 is 5.98. The predicted octanol–water partition coefficient (Wildman–Crippen LogP) is 4.11. The Kier molecular flexibility index (Phi) is 5.37. The molecule has 0 bridgehead atoms. The van der Waals surface area contributed by atoms with Gasteiger partial charge in [0.15, 0.2) is 0 Å². The third-order valence-corrected chi connectivity index (χ3v) is 3.47. The first-order chi connectivity index (χ1) is 10.1. The molecule has 0 saturated carbocycles. The van der Waals surface area contributed by atoms with E-state index in [1.54, 1.807) is 12.1 Å². The van der Waals surface area contributed by atoms with Gasteiger partial charge < -0.3 is 10.1 Å². The molecule has 2 rings (SSSR count). The van der Waals surface area contributed by atoms with Crippen LogP contribution in [-0.4, -0.2) is 12.5 Å². The molecular weight excluding hydrogens is 286 g/mol. The highest BCUT2D eigenvalue weighted by molar-refractivity contribution is 6.33. The first kappa shape index (κ1) is 15.5. The summed E-state index contributed by atoms with van der Waals surface area (Å²) in [7, 11) is 0. The molecule has 0 atom stereocenters. The molecule has 0 unspecified atom stereocenters. The number of benzene rings is 2. The van der Waals surface area contributed by atoms with Gasteiger partial charge in [-0.05, 0) is 37.1 Å². The van der Waals surface area contributed by atoms with E-state index in [9.17, 15) is 4.79 Å². The molecule has 0 radical (unpaired) electrons. The summed E-state index contributed by atoms with van der Waals surface area (Å²) in [5.41, 5.74) is 4.07. The fourth-order valence-electron chi connectivity index (χ4n) is 2.01. The minimum atomic E-state index is -0.215. The second kappa shape index (κ2) is 7.25. The second-order valence-corrected chi connectivity index (χ2v) is 5.36. The molecule has 0 aromatic heterocycles. The fraction of sp³-hybridized carbons (Fsp3) is 0.235. The van der Waals surface area contributed by atoms with Crippen molar-refractivity contribution in [2.45, 2.75) is 20.5 Å². The third-order valence-electron chi connectivity index (χ3n) is 3.14. The van der Waals surface area contributed by atoms with Crippen LogP contribution < -0.4 is 5.32 Å². The van der Waals surface area contributed by atoms with E-state index in [4.69, 9.17) is 16.3 Å². The third kappa shape index (κ3) is 4.59. The van der Waals surface area contributed by atoms with Crippen molar-refractivity contribution < 1.29 is 9.53 Å². The van der Waals surface area contributed by atoms with E-state index < -0.39 is 0 Å². The molecule has 1 amide bonds. The SMILES string of the molecule is Cc1ccc(COCC(=O)Nc2ccccc2Cl)c(C)c1. The smallest absolute Gasteiger partial charge is 0.250 e. The van der Waals surface area contributed by atoms with Gasteiger partial charge in [0.2, 0.25) is 5.91 Å². The summed E-state index contributed by atoms with van der Waals surface area (Å²) < 4.78 is 5.46. The molecule has 2 aromatic carbocycles. The number of rotatable bonds is 5. The molecule has 0 aliphatic rings. The second-order valence-electron chi connectivity index (χ2n) is 4.95. The zero-order valence-electron chi connectivity index (χ0n) is 12.2. The maximum atomic E-state index is 11.8. The van der Waals surface area contributed by atoms with Crippen LogP contribution in [0.2, 0.25) is 5.02 Å². The summed E-state index contributed by atoms with van der Waals surface area (Å²) in [4.78, 5) is 11.8. The summed E-state index contributed by atoms with van der Waals surface area (Å²) in [5, 5.41) is 3.24. The van der Waals surface area contributed by atoms with E-state index in [2.05, 4.69) is 18.3 Å². The van der Waals surface area contributed by atoms with E-state index >= 15 is 0 Å². The van der Waals surface area contributed by atoms with Gasteiger partial charge in [0, 0.05) is 0 Å². The lowest BCUT2D eigenvalue weighted by molar-refractivity contribution is -0.121. The fourth-order valence-corrected chi connectivity index (χ4v) is 2.19. The Labute approximate surface area is 129 Å². The summed E-state index contributed by atoms with van der Waals surface area (Å²) in [5.74, 6) is -0.215. The van der Waals surface area contributed by atoms with Crippen LogP contribution in [0.15, 0.2) is 42.5 Å². The molecule has 3 nitrogen and oxygen atoms in total. The minimum Gasteiger partial charge on any atom is -0.367 e. The topological polar surface area (TPSA) is 38.3 Å². The first-order valence-electron chi connectivity index (χ1n) is 6.74. The highest BCUT2D eigenvalue weighted by Gasteiger charge is 2.06. The van der Waals surface area contributed by atoms with E-state index in [0.29, 0.717) is 17.3 Å². The van der Waals surface area contributed by atoms with E-state index in [1.807, 2.05) is 31.2 Å². The van der Waals surface area contributed by atoms with Crippen LogP contribution in [0.4, 0.5) is 5.69 Å². The van der Waals surface area contributed by atoms with Gasteiger partial charge in [0.1, 0.15) is 6.61 Å². The average molecular weight is 304 g/mol. The normalized spacial score (nSPS) is 10.4. The highest BCUT2D eigenvalue weighted by Crippen LogP contribution is 2.20. The quantitative estimate of drug-likeness (QED) is 0.902. The number of hydrogen-bond acceptors (Lipinski definition) is 2. The van der Waals surface area contributed by atoms with Gasteiger partial charge in [-0.25, -0.2) is 0 Å². The number of para-hydroxylation sites is 1. The van der Waals surface area contributed by atoms with Gasteiger partial charge in [-0.2, -0.15) is 0 Å². The van der Waals surface area contributed by atoms with Crippen molar-refractivity contribution in [2.24, 2.45) is 0 Å². The van der Waals surface area contributed by atoms with Gasteiger partial charge >= 0.3 is 0 Å². The van der Waals surface area contributed by atoms with Crippen LogP contribution in [-0.2, 0) is 16.1 Å². The predicted molar refractivity (Wildman–Crippen MR) is 85.7 cm³/mol. The van der Waals surface area contributed by atoms with Crippen LogP contribution in [0.3, 0.4) is 0 Å². The van der Waals surface area contributed by atoms with Gasteiger partial charge in [-0.15, -0.1) is 0 Å². The molecule has 0 spiro atoms. The van der Waals surface area contributed by atoms with E-state index in [1.165, 1.54) is 11.1 Å². The van der Waals surface area contributed by atoms with Crippen LogP contribution in [0, 0.1) is 13.8 Å². The van der Waals surface area contributed by atoms with Crippen molar-refractivity contribution in [1.82, 2.24) is 0 Å². The number of nitrogens with one attached hydrogen (secondary N) is 1. The maximum Gasteiger partial charge on any atom is 0.250 e. The van der Waals surface area contributed by atoms with Crippen LogP contribution in [0.1, 0.15) is 16.7 Å². The number of anilines is 1. The molecule has 1 N–H and O–H groups in total. The molecule has 0 heterocycles. The van der Waals surface area contributed by atoms with Gasteiger partial charge in [0.25, 0.3) is 0 Å². The lowest BCUT2D eigenvalue weighted by atomic mass is 10.1. The molecule has 0 aliphatic heterocycles. The van der Waals surface area contributed by atoms with Crippen LogP contribution in [0.25, 0.3) is 0 Å². The van der Waals surface area contributed by atoms with Gasteiger partial charge in [0.05, 0.1) is 17.3 Å². The number of halogens is 1. The molecule has 0 fully saturated rings. The Morgan fingerprint density at radius 2 is 1.95 bits per heavy atom. The lowest BCUT2D eigenvalue weighted by Gasteiger charge is -2.09. The van der Waals surface area contributed by atoms with Gasteiger partial charge in [-0.1, -0.05) is 47.5 Å². The molecule has 2 aromatic rings. The van der Waals surface area contributed by atoms with Crippen LogP contribution in [0.5, 0.6) is 0 Å². The van der Waals surface area contributed by atoms with E-state index in [0.717, 1.165) is 5.56 Å². The molecular formula is C17H18ClNO2. The average Bonchev–Trinajstić information content (AvgIpc) is 2.44. The van der Waals surface area contributed by atoms with Crippen molar-refractivity contribution >= 4 is 23.2 Å². The molecule has 0 aliphatic carbocycles. The molecule has 0 saturated heterocycles. The summed E-state index contributed by atoms with van der Waals surface area (Å²) in [6.45, 7) is 4.50. The highest BCUT2D eigenvalue weighted by atomic mass is 35.5. The van der Waals surface area contributed by atoms with Crippen molar-refractivity contribution in [3.8, 4) is 0 Å². The maximum absolute atomic E-state index is 11.8.